The van der Waals surface area contributed by atoms with E-state index in [1.165, 1.54) is 51.4 Å². The number of rotatable bonds is 4. The Morgan fingerprint density at radius 1 is 0.909 bits per heavy atom. The number of carbonyl (C=O) groups is 1. The standard InChI is InChI=1S/C19H33NO2/c1-13-11-17(12-14(2)22-13)19(21)20-18(15-7-3-4-8-15)16-9-5-6-10-16/h13-18H,3-12H2,1-2H3,(H,20,21)/t13-,14-/m1/s1. The number of hydrogen-bond donors (Lipinski definition) is 1. The average Bonchev–Trinajstić information content (AvgIpc) is 3.17. The molecule has 1 saturated heterocycles. The van der Waals surface area contributed by atoms with Crippen molar-refractivity contribution in [1.29, 1.82) is 0 Å². The smallest absolute Gasteiger partial charge is 0.223 e. The predicted octanol–water partition coefficient (Wildman–Crippen LogP) is 4.06. The molecule has 3 rings (SSSR count). The van der Waals surface area contributed by atoms with Crippen molar-refractivity contribution in [1.82, 2.24) is 5.32 Å². The molecule has 0 aromatic heterocycles. The summed E-state index contributed by atoms with van der Waals surface area (Å²) in [5.74, 6) is 1.94. The lowest BCUT2D eigenvalue weighted by Gasteiger charge is -2.35. The van der Waals surface area contributed by atoms with Crippen LogP contribution in [0.3, 0.4) is 0 Å². The Kier molecular flexibility index (Phi) is 5.43. The first-order valence-corrected chi connectivity index (χ1v) is 9.59. The van der Waals surface area contributed by atoms with E-state index in [9.17, 15) is 4.79 Å². The molecular weight excluding hydrogens is 274 g/mol. The molecule has 0 bridgehead atoms. The number of hydrogen-bond acceptors (Lipinski definition) is 2. The maximum Gasteiger partial charge on any atom is 0.223 e. The summed E-state index contributed by atoms with van der Waals surface area (Å²) < 4.78 is 5.79. The van der Waals surface area contributed by atoms with Crippen molar-refractivity contribution >= 4 is 5.91 Å². The monoisotopic (exact) mass is 307 g/mol. The molecule has 1 heterocycles. The normalized spacial score (nSPS) is 34.4. The van der Waals surface area contributed by atoms with E-state index >= 15 is 0 Å². The van der Waals surface area contributed by atoms with Crippen molar-refractivity contribution in [2.75, 3.05) is 0 Å². The molecule has 3 fully saturated rings. The first kappa shape index (κ1) is 16.3. The lowest BCUT2D eigenvalue weighted by molar-refractivity contribution is -0.134. The van der Waals surface area contributed by atoms with E-state index in [1.807, 2.05) is 0 Å². The summed E-state index contributed by atoms with van der Waals surface area (Å²) in [6.07, 6.45) is 12.9. The minimum absolute atomic E-state index is 0.157. The van der Waals surface area contributed by atoms with Gasteiger partial charge in [0.05, 0.1) is 12.2 Å². The zero-order valence-electron chi connectivity index (χ0n) is 14.4. The largest absolute Gasteiger partial charge is 0.376 e. The quantitative estimate of drug-likeness (QED) is 0.850. The molecule has 0 unspecified atom stereocenters. The first-order valence-electron chi connectivity index (χ1n) is 9.59. The lowest BCUT2D eigenvalue weighted by Crippen LogP contribution is -2.48. The van der Waals surface area contributed by atoms with E-state index in [2.05, 4.69) is 19.2 Å². The number of nitrogens with one attached hydrogen (secondary N) is 1. The van der Waals surface area contributed by atoms with Crippen LogP contribution in [-0.4, -0.2) is 24.2 Å². The summed E-state index contributed by atoms with van der Waals surface area (Å²) in [7, 11) is 0. The Balaban J connectivity index is 1.62. The maximum atomic E-state index is 12.8. The molecule has 1 aliphatic heterocycles. The second-order valence-electron chi connectivity index (χ2n) is 8.05. The van der Waals surface area contributed by atoms with Crippen LogP contribution in [0.5, 0.6) is 0 Å². The highest BCUT2D eigenvalue weighted by Crippen LogP contribution is 2.38. The molecule has 1 N–H and O–H groups in total. The molecule has 2 aliphatic carbocycles. The van der Waals surface area contributed by atoms with Gasteiger partial charge >= 0.3 is 0 Å². The van der Waals surface area contributed by atoms with Crippen LogP contribution in [0.15, 0.2) is 0 Å². The number of carbonyl (C=O) groups excluding carboxylic acids is 1. The van der Waals surface area contributed by atoms with Gasteiger partial charge in [0.1, 0.15) is 0 Å². The van der Waals surface area contributed by atoms with Gasteiger partial charge in [0.2, 0.25) is 5.91 Å². The van der Waals surface area contributed by atoms with Gasteiger partial charge in [0.15, 0.2) is 0 Å². The lowest BCUT2D eigenvalue weighted by atomic mass is 9.84. The number of ether oxygens (including phenoxy) is 1. The molecule has 126 valence electrons. The molecule has 1 amide bonds. The number of amides is 1. The fraction of sp³-hybridized carbons (Fsp3) is 0.947. The molecule has 3 aliphatic rings. The highest BCUT2D eigenvalue weighted by molar-refractivity contribution is 5.79. The second kappa shape index (κ2) is 7.33. The minimum Gasteiger partial charge on any atom is -0.376 e. The Morgan fingerprint density at radius 2 is 1.36 bits per heavy atom. The van der Waals surface area contributed by atoms with Gasteiger partial charge in [-0.15, -0.1) is 0 Å². The SMILES string of the molecule is C[C@@H]1CC(C(=O)NC(C2CCCC2)C2CCCC2)C[C@@H](C)O1. The Bertz CT molecular complexity index is 346. The fourth-order valence-corrected chi connectivity index (χ4v) is 5.16. The highest BCUT2D eigenvalue weighted by atomic mass is 16.5. The van der Waals surface area contributed by atoms with Gasteiger partial charge in [-0.1, -0.05) is 25.7 Å². The van der Waals surface area contributed by atoms with Crippen molar-refractivity contribution in [3.63, 3.8) is 0 Å². The van der Waals surface area contributed by atoms with Crippen LogP contribution >= 0.6 is 0 Å². The van der Waals surface area contributed by atoms with Gasteiger partial charge in [-0.25, -0.2) is 0 Å². The van der Waals surface area contributed by atoms with Gasteiger partial charge in [0, 0.05) is 12.0 Å². The summed E-state index contributed by atoms with van der Waals surface area (Å²) in [6.45, 7) is 4.20. The van der Waals surface area contributed by atoms with Crippen LogP contribution in [0.1, 0.15) is 78.1 Å². The molecule has 0 aromatic carbocycles. The Morgan fingerprint density at radius 3 is 1.82 bits per heavy atom. The maximum absolute atomic E-state index is 12.8. The topological polar surface area (TPSA) is 38.3 Å². The van der Waals surface area contributed by atoms with E-state index < -0.39 is 0 Å². The molecule has 22 heavy (non-hydrogen) atoms. The van der Waals surface area contributed by atoms with Crippen LogP contribution in [0.25, 0.3) is 0 Å². The zero-order valence-corrected chi connectivity index (χ0v) is 14.4. The van der Waals surface area contributed by atoms with Crippen molar-refractivity contribution in [3.05, 3.63) is 0 Å². The van der Waals surface area contributed by atoms with E-state index in [1.54, 1.807) is 0 Å². The molecule has 0 radical (unpaired) electrons. The summed E-state index contributed by atoms with van der Waals surface area (Å²) >= 11 is 0. The molecule has 2 atom stereocenters. The highest BCUT2D eigenvalue weighted by Gasteiger charge is 2.37. The van der Waals surface area contributed by atoms with Crippen LogP contribution in [0.2, 0.25) is 0 Å². The summed E-state index contributed by atoms with van der Waals surface area (Å²) in [5.41, 5.74) is 0. The molecule has 3 heteroatoms. The Hall–Kier alpha value is -0.570. The van der Waals surface area contributed by atoms with E-state index in [0.717, 1.165) is 24.7 Å². The summed E-state index contributed by atoms with van der Waals surface area (Å²) in [6, 6.07) is 0.450. The van der Waals surface area contributed by atoms with E-state index in [0.29, 0.717) is 11.9 Å². The first-order chi connectivity index (χ1) is 10.6. The van der Waals surface area contributed by atoms with Crippen molar-refractivity contribution in [2.45, 2.75) is 96.3 Å². The van der Waals surface area contributed by atoms with Crippen LogP contribution in [0.4, 0.5) is 0 Å². The van der Waals surface area contributed by atoms with Crippen molar-refractivity contribution in [2.24, 2.45) is 17.8 Å². The van der Waals surface area contributed by atoms with Crippen molar-refractivity contribution in [3.8, 4) is 0 Å². The second-order valence-corrected chi connectivity index (χ2v) is 8.05. The van der Waals surface area contributed by atoms with Crippen LogP contribution in [-0.2, 0) is 9.53 Å². The van der Waals surface area contributed by atoms with E-state index in [-0.39, 0.29) is 18.1 Å². The van der Waals surface area contributed by atoms with Gasteiger partial charge in [-0.05, 0) is 64.2 Å². The third kappa shape index (κ3) is 3.84. The third-order valence-corrected chi connectivity index (χ3v) is 6.19. The zero-order chi connectivity index (χ0) is 15.5. The van der Waals surface area contributed by atoms with Gasteiger partial charge < -0.3 is 10.1 Å². The minimum atomic E-state index is 0.157. The molecule has 0 aromatic rings. The average molecular weight is 307 g/mol. The van der Waals surface area contributed by atoms with Gasteiger partial charge in [-0.3, -0.25) is 4.79 Å². The molecular formula is C19H33NO2. The Labute approximate surface area is 135 Å². The molecule has 0 spiro atoms. The van der Waals surface area contributed by atoms with Crippen LogP contribution < -0.4 is 5.32 Å². The van der Waals surface area contributed by atoms with Crippen LogP contribution in [0, 0.1) is 17.8 Å². The van der Waals surface area contributed by atoms with Crippen molar-refractivity contribution < 1.29 is 9.53 Å². The van der Waals surface area contributed by atoms with E-state index in [4.69, 9.17) is 4.74 Å². The molecule has 2 saturated carbocycles. The predicted molar refractivity (Wildman–Crippen MR) is 88.6 cm³/mol. The summed E-state index contributed by atoms with van der Waals surface area (Å²) in [4.78, 5) is 12.8. The third-order valence-electron chi connectivity index (χ3n) is 6.19. The molecule has 3 nitrogen and oxygen atoms in total. The van der Waals surface area contributed by atoms with Gasteiger partial charge in [-0.2, -0.15) is 0 Å². The van der Waals surface area contributed by atoms with Gasteiger partial charge in [0.25, 0.3) is 0 Å². The fourth-order valence-electron chi connectivity index (χ4n) is 5.16. The summed E-state index contributed by atoms with van der Waals surface area (Å²) in [5, 5.41) is 3.52.